The normalized spacial score (nSPS) is 17.3. The van der Waals surface area contributed by atoms with Crippen molar-refractivity contribution in [3.05, 3.63) is 46.0 Å². The van der Waals surface area contributed by atoms with E-state index in [-0.39, 0.29) is 6.04 Å². The third kappa shape index (κ3) is 3.01. The molecule has 2 heterocycles. The molecule has 0 unspecified atom stereocenters. The minimum absolute atomic E-state index is 0.152. The maximum absolute atomic E-state index is 12.2. The van der Waals surface area contributed by atoms with Crippen LogP contribution in [0.5, 0.6) is 0 Å². The minimum Gasteiger partial charge on any atom is -0.399 e. The van der Waals surface area contributed by atoms with Crippen LogP contribution in [0.25, 0.3) is 10.9 Å². The van der Waals surface area contributed by atoms with E-state index in [9.17, 15) is 8.42 Å². The van der Waals surface area contributed by atoms with Crippen molar-refractivity contribution < 1.29 is 8.42 Å². The van der Waals surface area contributed by atoms with Crippen LogP contribution in [0.15, 0.2) is 29.8 Å². The number of nitrogen functional groups attached to an aromatic ring is 1. The number of fused-ring (bicyclic) bond motifs is 3. The number of rotatable bonds is 5. The van der Waals surface area contributed by atoms with Crippen molar-refractivity contribution in [3.8, 4) is 0 Å². The second-order valence-electron chi connectivity index (χ2n) is 6.72. The first-order chi connectivity index (χ1) is 12.3. The smallest absolute Gasteiger partial charge is 0.279 e. The number of nitrogens with two attached hydrogens (primary N) is 1. The number of benzene rings is 1. The Balaban J connectivity index is 1.74. The van der Waals surface area contributed by atoms with Crippen molar-refractivity contribution >= 4 is 38.1 Å². The summed E-state index contributed by atoms with van der Waals surface area (Å²) in [4.78, 5) is 4.40. The lowest BCUT2D eigenvalue weighted by molar-refractivity contribution is 0.487. The van der Waals surface area contributed by atoms with Crippen LogP contribution < -0.4 is 10.5 Å². The number of hydrogen-bond acceptors (Lipinski definition) is 5. The maximum atomic E-state index is 12.2. The molecule has 9 heteroatoms. The van der Waals surface area contributed by atoms with Gasteiger partial charge in [0.1, 0.15) is 5.01 Å². The fourth-order valence-corrected chi connectivity index (χ4v) is 4.96. The molecule has 0 bridgehead atoms. The van der Waals surface area contributed by atoms with Crippen LogP contribution in [-0.4, -0.2) is 42.4 Å². The molecule has 1 aromatic carbocycles. The van der Waals surface area contributed by atoms with Gasteiger partial charge in [0.25, 0.3) is 10.2 Å². The molecule has 0 saturated heterocycles. The standard InChI is InChI=1S/C17H21N5O2S2/c1-21(2)26(23,24)20-12-8-14-13-7-11(18)3-4-15(13)22(16(14)9-12)10-17-19-5-6-25-17/h3-7,12,20H,8-10,18H2,1-2H3/t12-/m1/s1. The van der Waals surface area contributed by atoms with E-state index in [0.717, 1.165) is 21.6 Å². The van der Waals surface area contributed by atoms with Crippen LogP contribution in [0, 0.1) is 0 Å². The molecule has 0 fully saturated rings. The van der Waals surface area contributed by atoms with Crippen molar-refractivity contribution in [2.75, 3.05) is 19.8 Å². The van der Waals surface area contributed by atoms with Crippen LogP contribution in [0.2, 0.25) is 0 Å². The molecule has 3 N–H and O–H groups in total. The molecule has 2 aromatic heterocycles. The fraction of sp³-hybridized carbons (Fsp3) is 0.353. The van der Waals surface area contributed by atoms with Crippen LogP contribution >= 0.6 is 11.3 Å². The van der Waals surface area contributed by atoms with E-state index in [4.69, 9.17) is 5.73 Å². The van der Waals surface area contributed by atoms with E-state index in [1.165, 1.54) is 24.0 Å². The summed E-state index contributed by atoms with van der Waals surface area (Å²) in [5, 5.41) is 4.09. The molecular weight excluding hydrogens is 370 g/mol. The van der Waals surface area contributed by atoms with Gasteiger partial charge in [0.05, 0.1) is 6.54 Å². The van der Waals surface area contributed by atoms with Crippen LogP contribution in [0.4, 0.5) is 5.69 Å². The first kappa shape index (κ1) is 17.5. The Morgan fingerprint density at radius 2 is 2.19 bits per heavy atom. The Hall–Kier alpha value is -1.94. The topological polar surface area (TPSA) is 93.2 Å². The van der Waals surface area contributed by atoms with Crippen molar-refractivity contribution in [1.29, 1.82) is 0 Å². The Labute approximate surface area is 156 Å². The molecule has 0 aliphatic heterocycles. The Kier molecular flexibility index (Phi) is 4.26. The molecule has 0 radical (unpaired) electrons. The molecular formula is C17H21N5O2S2. The van der Waals surface area contributed by atoms with Crippen molar-refractivity contribution in [3.63, 3.8) is 0 Å². The summed E-state index contributed by atoms with van der Waals surface area (Å²) < 4.78 is 30.6. The largest absolute Gasteiger partial charge is 0.399 e. The molecule has 26 heavy (non-hydrogen) atoms. The number of thiazole rings is 1. The zero-order valence-electron chi connectivity index (χ0n) is 14.6. The summed E-state index contributed by atoms with van der Waals surface area (Å²) >= 11 is 1.62. The molecule has 7 nitrogen and oxygen atoms in total. The molecule has 0 saturated carbocycles. The second kappa shape index (κ2) is 6.34. The number of anilines is 1. The van der Waals surface area contributed by atoms with Gasteiger partial charge in [-0.15, -0.1) is 11.3 Å². The van der Waals surface area contributed by atoms with E-state index < -0.39 is 10.2 Å². The minimum atomic E-state index is -3.46. The van der Waals surface area contributed by atoms with Gasteiger partial charge in [-0.05, 0) is 30.2 Å². The predicted molar refractivity (Wildman–Crippen MR) is 105 cm³/mol. The third-order valence-corrected chi connectivity index (χ3v) is 7.13. The SMILES string of the molecule is CN(C)S(=O)(=O)N[C@@H]1Cc2c(n(Cc3nccs3)c3ccc(N)cc23)C1. The van der Waals surface area contributed by atoms with Gasteiger partial charge in [0.15, 0.2) is 0 Å². The van der Waals surface area contributed by atoms with Gasteiger partial charge in [-0.1, -0.05) is 0 Å². The highest BCUT2D eigenvalue weighted by Crippen LogP contribution is 2.35. The second-order valence-corrected chi connectivity index (χ2v) is 9.62. The Morgan fingerprint density at radius 3 is 2.88 bits per heavy atom. The fourth-order valence-electron chi connectivity index (χ4n) is 3.55. The van der Waals surface area contributed by atoms with Gasteiger partial charge in [0.2, 0.25) is 0 Å². The van der Waals surface area contributed by atoms with Crippen molar-refractivity contribution in [1.82, 2.24) is 18.6 Å². The summed E-state index contributed by atoms with van der Waals surface area (Å²) in [6.07, 6.45) is 3.12. The number of aromatic nitrogens is 2. The molecule has 138 valence electrons. The van der Waals surface area contributed by atoms with E-state index >= 15 is 0 Å². The van der Waals surface area contributed by atoms with Gasteiger partial charge in [-0.25, -0.2) is 4.98 Å². The highest BCUT2D eigenvalue weighted by atomic mass is 32.2. The van der Waals surface area contributed by atoms with Crippen LogP contribution in [0.1, 0.15) is 16.3 Å². The molecule has 1 atom stereocenters. The number of nitrogens with zero attached hydrogens (tertiary/aromatic N) is 3. The van der Waals surface area contributed by atoms with Crippen LogP contribution in [-0.2, 0) is 29.6 Å². The average molecular weight is 392 g/mol. The summed E-state index contributed by atoms with van der Waals surface area (Å²) in [5.41, 5.74) is 10.2. The lowest BCUT2D eigenvalue weighted by Crippen LogP contribution is -2.42. The quantitative estimate of drug-likeness (QED) is 0.646. The van der Waals surface area contributed by atoms with Gasteiger partial charge >= 0.3 is 0 Å². The van der Waals surface area contributed by atoms with E-state index in [1.54, 1.807) is 17.5 Å². The lowest BCUT2D eigenvalue weighted by Gasteiger charge is -2.18. The van der Waals surface area contributed by atoms with E-state index in [0.29, 0.717) is 25.1 Å². The highest BCUT2D eigenvalue weighted by molar-refractivity contribution is 7.87. The van der Waals surface area contributed by atoms with Gasteiger partial charge in [-0.3, -0.25) is 0 Å². The number of hydrogen-bond donors (Lipinski definition) is 2. The summed E-state index contributed by atoms with van der Waals surface area (Å²) in [6, 6.07) is 5.77. The van der Waals surface area contributed by atoms with E-state index in [1.807, 2.05) is 23.6 Å². The molecule has 1 aliphatic carbocycles. The summed E-state index contributed by atoms with van der Waals surface area (Å²) in [7, 11) is -0.401. The molecule has 0 spiro atoms. The van der Waals surface area contributed by atoms with Crippen molar-refractivity contribution in [2.45, 2.75) is 25.4 Å². The number of nitrogens with one attached hydrogen (secondary N) is 1. The van der Waals surface area contributed by atoms with E-state index in [2.05, 4.69) is 14.3 Å². The van der Waals surface area contributed by atoms with Crippen molar-refractivity contribution in [2.24, 2.45) is 0 Å². The Bertz CT molecular complexity index is 1050. The first-order valence-electron chi connectivity index (χ1n) is 8.33. The molecule has 1 aliphatic rings. The average Bonchev–Trinajstić information content (AvgIpc) is 3.26. The molecule has 3 aromatic rings. The third-order valence-electron chi connectivity index (χ3n) is 4.77. The predicted octanol–water partition coefficient (Wildman–Crippen LogP) is 1.59. The first-order valence-corrected chi connectivity index (χ1v) is 10.6. The Morgan fingerprint density at radius 1 is 1.38 bits per heavy atom. The van der Waals surface area contributed by atoms with Gasteiger partial charge in [0, 0.05) is 60.4 Å². The lowest BCUT2D eigenvalue weighted by atomic mass is 10.1. The highest BCUT2D eigenvalue weighted by Gasteiger charge is 2.31. The van der Waals surface area contributed by atoms with Crippen LogP contribution in [0.3, 0.4) is 0 Å². The van der Waals surface area contributed by atoms with Gasteiger partial charge < -0.3 is 10.3 Å². The zero-order valence-corrected chi connectivity index (χ0v) is 16.3. The molecule has 4 rings (SSSR count). The maximum Gasteiger partial charge on any atom is 0.279 e. The summed E-state index contributed by atoms with van der Waals surface area (Å²) in [5.74, 6) is 0. The zero-order chi connectivity index (χ0) is 18.5. The monoisotopic (exact) mass is 391 g/mol. The molecule has 0 amide bonds. The summed E-state index contributed by atoms with van der Waals surface area (Å²) in [6.45, 7) is 0.681. The van der Waals surface area contributed by atoms with Gasteiger partial charge in [-0.2, -0.15) is 17.4 Å².